The third-order valence-corrected chi connectivity index (χ3v) is 4.98. The molecule has 0 aromatic rings. The molecule has 0 saturated carbocycles. The summed E-state index contributed by atoms with van der Waals surface area (Å²) in [6, 6.07) is 0. The van der Waals surface area contributed by atoms with Crippen molar-refractivity contribution in [3.05, 3.63) is 0 Å². The number of hydrogen-bond donors (Lipinski definition) is 0. The van der Waals surface area contributed by atoms with Crippen LogP contribution >= 0.6 is 27.5 Å². The lowest BCUT2D eigenvalue weighted by molar-refractivity contribution is 0.299. The fourth-order valence-electron chi connectivity index (χ4n) is 2.17. The highest BCUT2D eigenvalue weighted by Gasteiger charge is 2.26. The third kappa shape index (κ3) is 9.36. The van der Waals surface area contributed by atoms with Crippen molar-refractivity contribution < 1.29 is 0 Å². The second kappa shape index (κ2) is 10.7. The van der Waals surface area contributed by atoms with Gasteiger partial charge in [0, 0.05) is 10.7 Å². The standard InChI is InChI=1S/C15H30BrCl/c1-4-5-6-7-8-9-11-14(17)15(2,3)12-10-13-16/h14H,4-13H2,1-3H3. The van der Waals surface area contributed by atoms with Crippen LogP contribution < -0.4 is 0 Å². The summed E-state index contributed by atoms with van der Waals surface area (Å²) >= 11 is 10.0. The van der Waals surface area contributed by atoms with Crippen LogP contribution in [-0.4, -0.2) is 10.7 Å². The first-order chi connectivity index (χ1) is 8.04. The van der Waals surface area contributed by atoms with E-state index in [-0.39, 0.29) is 0 Å². The summed E-state index contributed by atoms with van der Waals surface area (Å²) in [7, 11) is 0. The highest BCUT2D eigenvalue weighted by molar-refractivity contribution is 9.09. The molecule has 104 valence electrons. The van der Waals surface area contributed by atoms with E-state index in [0.29, 0.717) is 10.8 Å². The lowest BCUT2D eigenvalue weighted by atomic mass is 9.82. The number of rotatable bonds is 11. The Labute approximate surface area is 122 Å². The van der Waals surface area contributed by atoms with E-state index in [1.165, 1.54) is 57.8 Å². The van der Waals surface area contributed by atoms with Crippen LogP contribution in [0.25, 0.3) is 0 Å². The lowest BCUT2D eigenvalue weighted by Crippen LogP contribution is -2.24. The molecule has 0 nitrogen and oxygen atoms in total. The molecular formula is C15H30BrCl. The van der Waals surface area contributed by atoms with E-state index >= 15 is 0 Å². The molecule has 0 heterocycles. The Morgan fingerprint density at radius 3 is 2.18 bits per heavy atom. The molecule has 0 N–H and O–H groups in total. The molecule has 0 fully saturated rings. The maximum atomic E-state index is 6.53. The van der Waals surface area contributed by atoms with Crippen molar-refractivity contribution in [1.82, 2.24) is 0 Å². The van der Waals surface area contributed by atoms with Crippen molar-refractivity contribution in [2.24, 2.45) is 5.41 Å². The molecule has 0 rings (SSSR count). The monoisotopic (exact) mass is 324 g/mol. The Morgan fingerprint density at radius 1 is 1.00 bits per heavy atom. The summed E-state index contributed by atoms with van der Waals surface area (Å²) in [5, 5.41) is 1.43. The quantitative estimate of drug-likeness (QED) is 0.298. The minimum absolute atomic E-state index is 0.290. The molecule has 1 atom stereocenters. The lowest BCUT2D eigenvalue weighted by Gasteiger charge is -2.30. The second-order valence-electron chi connectivity index (χ2n) is 5.81. The predicted molar refractivity (Wildman–Crippen MR) is 84.4 cm³/mol. The van der Waals surface area contributed by atoms with Gasteiger partial charge >= 0.3 is 0 Å². The van der Waals surface area contributed by atoms with Crippen LogP contribution in [0.1, 0.15) is 78.6 Å². The second-order valence-corrected chi connectivity index (χ2v) is 7.12. The number of alkyl halides is 2. The summed E-state index contributed by atoms with van der Waals surface area (Å²) in [4.78, 5) is 0. The van der Waals surface area contributed by atoms with Crippen molar-refractivity contribution in [3.8, 4) is 0 Å². The average molecular weight is 326 g/mol. The van der Waals surface area contributed by atoms with Crippen molar-refractivity contribution in [2.75, 3.05) is 5.33 Å². The Balaban J connectivity index is 3.58. The maximum Gasteiger partial charge on any atom is 0.0387 e. The van der Waals surface area contributed by atoms with Crippen LogP contribution in [0, 0.1) is 5.41 Å². The molecular weight excluding hydrogens is 296 g/mol. The molecule has 0 radical (unpaired) electrons. The van der Waals surface area contributed by atoms with Gasteiger partial charge in [-0.15, -0.1) is 11.6 Å². The van der Waals surface area contributed by atoms with Crippen LogP contribution in [0.2, 0.25) is 0 Å². The van der Waals surface area contributed by atoms with Gasteiger partial charge in [0.2, 0.25) is 0 Å². The van der Waals surface area contributed by atoms with Gasteiger partial charge in [-0.1, -0.05) is 75.2 Å². The van der Waals surface area contributed by atoms with Crippen LogP contribution in [0.4, 0.5) is 0 Å². The van der Waals surface area contributed by atoms with E-state index in [1.807, 2.05) is 0 Å². The molecule has 0 aromatic heterocycles. The molecule has 0 aliphatic carbocycles. The number of halogens is 2. The van der Waals surface area contributed by atoms with E-state index in [0.717, 1.165) is 5.33 Å². The van der Waals surface area contributed by atoms with Gasteiger partial charge < -0.3 is 0 Å². The minimum atomic E-state index is 0.290. The summed E-state index contributed by atoms with van der Waals surface area (Å²) in [5.74, 6) is 0. The molecule has 0 spiro atoms. The first-order valence-corrected chi connectivity index (χ1v) is 8.80. The SMILES string of the molecule is CCCCCCCCC(Cl)C(C)(C)CCCBr. The smallest absolute Gasteiger partial charge is 0.0387 e. The molecule has 0 aromatic carbocycles. The largest absolute Gasteiger partial charge is 0.122 e. The molecule has 1 unspecified atom stereocenters. The van der Waals surface area contributed by atoms with Crippen molar-refractivity contribution in [3.63, 3.8) is 0 Å². The van der Waals surface area contributed by atoms with E-state index in [2.05, 4.69) is 36.7 Å². The van der Waals surface area contributed by atoms with Crippen molar-refractivity contribution >= 4 is 27.5 Å². The van der Waals surface area contributed by atoms with Gasteiger partial charge in [0.25, 0.3) is 0 Å². The molecule has 2 heteroatoms. The van der Waals surface area contributed by atoms with Crippen LogP contribution in [0.5, 0.6) is 0 Å². The summed E-state index contributed by atoms with van der Waals surface area (Å²) in [5.41, 5.74) is 0.290. The van der Waals surface area contributed by atoms with Crippen molar-refractivity contribution in [2.45, 2.75) is 83.9 Å². The topological polar surface area (TPSA) is 0 Å². The van der Waals surface area contributed by atoms with Gasteiger partial charge in [-0.05, 0) is 24.7 Å². The summed E-state index contributed by atoms with van der Waals surface area (Å²) < 4.78 is 0. The predicted octanol–water partition coefficient (Wildman–Crippen LogP) is 6.55. The molecule has 0 aliphatic heterocycles. The van der Waals surface area contributed by atoms with E-state index in [1.54, 1.807) is 0 Å². The zero-order valence-corrected chi connectivity index (χ0v) is 14.2. The molecule has 0 aliphatic rings. The average Bonchev–Trinajstić information content (AvgIpc) is 2.30. The highest BCUT2D eigenvalue weighted by Crippen LogP contribution is 2.34. The minimum Gasteiger partial charge on any atom is -0.122 e. The molecule has 0 saturated heterocycles. The Hall–Kier alpha value is 0.770. The van der Waals surface area contributed by atoms with Gasteiger partial charge in [-0.2, -0.15) is 0 Å². The highest BCUT2D eigenvalue weighted by atomic mass is 79.9. The Morgan fingerprint density at radius 2 is 1.59 bits per heavy atom. The molecule has 17 heavy (non-hydrogen) atoms. The van der Waals surface area contributed by atoms with Crippen molar-refractivity contribution in [1.29, 1.82) is 0 Å². The number of hydrogen-bond acceptors (Lipinski definition) is 0. The Bertz CT molecular complexity index is 168. The molecule has 0 amide bonds. The zero-order chi connectivity index (χ0) is 13.1. The first-order valence-electron chi connectivity index (χ1n) is 7.24. The zero-order valence-electron chi connectivity index (χ0n) is 11.9. The fourth-order valence-corrected chi connectivity index (χ4v) is 2.72. The van der Waals surface area contributed by atoms with Gasteiger partial charge in [-0.3, -0.25) is 0 Å². The number of unbranched alkanes of at least 4 members (excludes halogenated alkanes) is 5. The normalized spacial score (nSPS) is 13.9. The maximum absolute atomic E-state index is 6.53. The van der Waals surface area contributed by atoms with E-state index in [9.17, 15) is 0 Å². The van der Waals surface area contributed by atoms with Gasteiger partial charge in [0.1, 0.15) is 0 Å². The molecule has 0 bridgehead atoms. The first kappa shape index (κ1) is 17.8. The summed E-state index contributed by atoms with van der Waals surface area (Å²) in [6.45, 7) is 6.88. The van der Waals surface area contributed by atoms with Crippen LogP contribution in [-0.2, 0) is 0 Å². The van der Waals surface area contributed by atoms with Gasteiger partial charge in [0.15, 0.2) is 0 Å². The Kier molecular flexibility index (Phi) is 11.2. The van der Waals surface area contributed by atoms with Gasteiger partial charge in [0.05, 0.1) is 0 Å². The van der Waals surface area contributed by atoms with Crippen LogP contribution in [0.3, 0.4) is 0 Å². The van der Waals surface area contributed by atoms with E-state index in [4.69, 9.17) is 11.6 Å². The third-order valence-electron chi connectivity index (χ3n) is 3.61. The van der Waals surface area contributed by atoms with E-state index < -0.39 is 0 Å². The van der Waals surface area contributed by atoms with Crippen LogP contribution in [0.15, 0.2) is 0 Å². The summed E-state index contributed by atoms with van der Waals surface area (Å²) in [6.07, 6.45) is 11.8. The van der Waals surface area contributed by atoms with Gasteiger partial charge in [-0.25, -0.2) is 0 Å². The fraction of sp³-hybridized carbons (Fsp3) is 1.00.